The van der Waals surface area contributed by atoms with Crippen molar-refractivity contribution >= 4 is 23.7 Å². The Bertz CT molecular complexity index is 623. The minimum absolute atomic E-state index is 0.286. The molecule has 0 aromatic heterocycles. The number of benzene rings is 2. The fourth-order valence-corrected chi connectivity index (χ4v) is 1.80. The number of nitrogens with one attached hydrogen (secondary N) is 1. The smallest absolute Gasteiger partial charge is 0.267 e. The molecule has 0 atom stereocenters. The number of hydrogen-bond donors (Lipinski definition) is 1. The summed E-state index contributed by atoms with van der Waals surface area (Å²) in [7, 11) is 0. The molecular weight excluding hydrogens is 260 g/mol. The van der Waals surface area contributed by atoms with Crippen LogP contribution in [0.5, 0.6) is 0 Å². The van der Waals surface area contributed by atoms with E-state index in [0.717, 1.165) is 11.1 Å². The monoisotopic (exact) mass is 272 g/mol. The average Bonchev–Trinajstić information content (AvgIpc) is 2.38. The third kappa shape index (κ3) is 3.93. The number of amides is 1. The van der Waals surface area contributed by atoms with E-state index in [-0.39, 0.29) is 5.91 Å². The van der Waals surface area contributed by atoms with Gasteiger partial charge in [0.2, 0.25) is 0 Å². The third-order valence-electron chi connectivity index (χ3n) is 2.51. The van der Waals surface area contributed by atoms with Crippen LogP contribution in [0.15, 0.2) is 53.6 Å². The first-order valence-electron chi connectivity index (χ1n) is 5.81. The molecule has 0 aliphatic carbocycles. The molecule has 0 bridgehead atoms. The minimum Gasteiger partial charge on any atom is -0.267 e. The summed E-state index contributed by atoms with van der Waals surface area (Å²) in [6.07, 6.45) is 1.61. The molecular formula is C15H13ClN2O. The lowest BCUT2D eigenvalue weighted by Crippen LogP contribution is -2.17. The number of hydrazone groups is 1. The predicted octanol–water partition coefficient (Wildman–Crippen LogP) is 3.41. The van der Waals surface area contributed by atoms with Crippen LogP contribution in [0.4, 0.5) is 0 Å². The van der Waals surface area contributed by atoms with Gasteiger partial charge < -0.3 is 0 Å². The Morgan fingerprint density at radius 1 is 1.21 bits per heavy atom. The van der Waals surface area contributed by atoms with Gasteiger partial charge in [0.15, 0.2) is 0 Å². The molecule has 0 heterocycles. The highest BCUT2D eigenvalue weighted by Gasteiger charge is 2.03. The van der Waals surface area contributed by atoms with Gasteiger partial charge in [-0.1, -0.05) is 47.5 Å². The maximum Gasteiger partial charge on any atom is 0.271 e. The zero-order valence-corrected chi connectivity index (χ0v) is 11.2. The van der Waals surface area contributed by atoms with Crippen LogP contribution in [0.2, 0.25) is 5.02 Å². The van der Waals surface area contributed by atoms with Gasteiger partial charge in [0.05, 0.1) is 6.21 Å². The molecule has 0 fully saturated rings. The van der Waals surface area contributed by atoms with Crippen LogP contribution < -0.4 is 5.43 Å². The topological polar surface area (TPSA) is 41.5 Å². The molecule has 3 nitrogen and oxygen atoms in total. The van der Waals surface area contributed by atoms with E-state index in [4.69, 9.17) is 11.6 Å². The van der Waals surface area contributed by atoms with Crippen molar-refractivity contribution in [2.45, 2.75) is 6.92 Å². The van der Waals surface area contributed by atoms with E-state index < -0.39 is 0 Å². The molecule has 0 radical (unpaired) electrons. The fourth-order valence-electron chi connectivity index (χ4n) is 1.61. The van der Waals surface area contributed by atoms with Crippen molar-refractivity contribution in [3.63, 3.8) is 0 Å². The van der Waals surface area contributed by atoms with Crippen LogP contribution in [0, 0.1) is 6.92 Å². The van der Waals surface area contributed by atoms with Crippen LogP contribution in [0.1, 0.15) is 21.5 Å². The number of halogens is 1. The summed E-state index contributed by atoms with van der Waals surface area (Å²) in [5.41, 5.74) is 5.03. The van der Waals surface area contributed by atoms with Crippen molar-refractivity contribution in [2.24, 2.45) is 5.10 Å². The van der Waals surface area contributed by atoms with Gasteiger partial charge in [-0.2, -0.15) is 5.10 Å². The number of rotatable bonds is 3. The van der Waals surface area contributed by atoms with Gasteiger partial charge in [-0.3, -0.25) is 4.79 Å². The Morgan fingerprint density at radius 3 is 2.74 bits per heavy atom. The third-order valence-corrected chi connectivity index (χ3v) is 2.74. The quantitative estimate of drug-likeness (QED) is 0.675. The average molecular weight is 273 g/mol. The molecule has 2 aromatic carbocycles. The van der Waals surface area contributed by atoms with Crippen LogP contribution in [0.3, 0.4) is 0 Å². The normalized spacial score (nSPS) is 10.6. The molecule has 0 saturated carbocycles. The summed E-state index contributed by atoms with van der Waals surface area (Å²) >= 11 is 5.82. The number of aryl methyl sites for hydroxylation is 1. The van der Waals surface area contributed by atoms with E-state index in [9.17, 15) is 4.79 Å². The Morgan fingerprint density at radius 2 is 2.00 bits per heavy atom. The molecule has 2 rings (SSSR count). The second kappa shape index (κ2) is 6.16. The van der Waals surface area contributed by atoms with Crippen molar-refractivity contribution in [1.29, 1.82) is 0 Å². The van der Waals surface area contributed by atoms with Crippen LogP contribution in [0.25, 0.3) is 0 Å². The Labute approximate surface area is 116 Å². The molecule has 0 spiro atoms. The van der Waals surface area contributed by atoms with Crippen molar-refractivity contribution < 1.29 is 4.79 Å². The summed E-state index contributed by atoms with van der Waals surface area (Å²) in [6, 6.07) is 14.6. The lowest BCUT2D eigenvalue weighted by atomic mass is 10.2. The van der Waals surface area contributed by atoms with Crippen molar-refractivity contribution in [3.8, 4) is 0 Å². The first-order chi connectivity index (χ1) is 9.15. The van der Waals surface area contributed by atoms with Crippen LogP contribution >= 0.6 is 11.6 Å². The van der Waals surface area contributed by atoms with Gasteiger partial charge in [-0.15, -0.1) is 0 Å². The number of carbonyl (C=O) groups is 1. The van der Waals surface area contributed by atoms with Gasteiger partial charge in [0.25, 0.3) is 5.91 Å². The first-order valence-corrected chi connectivity index (χ1v) is 6.18. The fraction of sp³-hybridized carbons (Fsp3) is 0.0667. The SMILES string of the molecule is Cc1cccc(/C=N\NC(=O)c2cccc(Cl)c2)c1. The summed E-state index contributed by atoms with van der Waals surface area (Å²) in [5, 5.41) is 4.44. The standard InChI is InChI=1S/C15H13ClN2O/c1-11-4-2-5-12(8-11)10-17-18-15(19)13-6-3-7-14(16)9-13/h2-10H,1H3,(H,18,19)/b17-10-. The van der Waals surface area contributed by atoms with Crippen molar-refractivity contribution in [3.05, 3.63) is 70.2 Å². The maximum atomic E-state index is 11.8. The second-order valence-corrected chi connectivity index (χ2v) is 4.56. The first kappa shape index (κ1) is 13.3. The molecule has 96 valence electrons. The summed E-state index contributed by atoms with van der Waals surface area (Å²) in [5.74, 6) is -0.286. The molecule has 4 heteroatoms. The summed E-state index contributed by atoms with van der Waals surface area (Å²) < 4.78 is 0. The largest absolute Gasteiger partial charge is 0.271 e. The Hall–Kier alpha value is -2.13. The highest BCUT2D eigenvalue weighted by atomic mass is 35.5. The van der Waals surface area contributed by atoms with Crippen LogP contribution in [-0.4, -0.2) is 12.1 Å². The molecule has 0 saturated heterocycles. The van der Waals surface area contributed by atoms with E-state index in [1.807, 2.05) is 31.2 Å². The molecule has 19 heavy (non-hydrogen) atoms. The van der Waals surface area contributed by atoms with Gasteiger partial charge in [-0.05, 0) is 30.7 Å². The van der Waals surface area contributed by atoms with Gasteiger partial charge in [-0.25, -0.2) is 5.43 Å². The Balaban J connectivity index is 2.01. The highest BCUT2D eigenvalue weighted by Crippen LogP contribution is 2.10. The van der Waals surface area contributed by atoms with Gasteiger partial charge in [0.1, 0.15) is 0 Å². The van der Waals surface area contributed by atoms with E-state index in [2.05, 4.69) is 10.5 Å². The Kier molecular flexibility index (Phi) is 4.31. The highest BCUT2D eigenvalue weighted by molar-refractivity contribution is 6.30. The minimum atomic E-state index is -0.286. The van der Waals surface area contributed by atoms with E-state index >= 15 is 0 Å². The summed E-state index contributed by atoms with van der Waals surface area (Å²) in [6.45, 7) is 2.00. The lowest BCUT2D eigenvalue weighted by Gasteiger charge is -2.00. The van der Waals surface area contributed by atoms with Gasteiger partial charge in [0, 0.05) is 10.6 Å². The van der Waals surface area contributed by atoms with E-state index in [0.29, 0.717) is 10.6 Å². The zero-order chi connectivity index (χ0) is 13.7. The molecule has 2 aromatic rings. The zero-order valence-electron chi connectivity index (χ0n) is 10.4. The molecule has 0 aliphatic heterocycles. The predicted molar refractivity (Wildman–Crippen MR) is 77.7 cm³/mol. The number of nitrogens with zero attached hydrogens (tertiary/aromatic N) is 1. The molecule has 1 N–H and O–H groups in total. The van der Waals surface area contributed by atoms with E-state index in [1.165, 1.54) is 0 Å². The molecule has 0 aliphatic rings. The number of hydrogen-bond acceptors (Lipinski definition) is 2. The summed E-state index contributed by atoms with van der Waals surface area (Å²) in [4.78, 5) is 11.8. The van der Waals surface area contributed by atoms with Gasteiger partial charge >= 0.3 is 0 Å². The second-order valence-electron chi connectivity index (χ2n) is 4.12. The molecule has 1 amide bonds. The number of carbonyl (C=O) groups excluding carboxylic acids is 1. The van der Waals surface area contributed by atoms with Crippen molar-refractivity contribution in [2.75, 3.05) is 0 Å². The molecule has 0 unspecified atom stereocenters. The van der Waals surface area contributed by atoms with Crippen molar-refractivity contribution in [1.82, 2.24) is 5.43 Å². The maximum absolute atomic E-state index is 11.8. The lowest BCUT2D eigenvalue weighted by molar-refractivity contribution is 0.0955. The van der Waals surface area contributed by atoms with Crippen LogP contribution in [-0.2, 0) is 0 Å². The van der Waals surface area contributed by atoms with E-state index in [1.54, 1.807) is 30.5 Å².